The van der Waals surface area contributed by atoms with Gasteiger partial charge in [0.15, 0.2) is 5.82 Å². The van der Waals surface area contributed by atoms with Crippen LogP contribution in [0.15, 0.2) is 255 Å². The lowest BCUT2D eigenvalue weighted by atomic mass is 9.95. The van der Waals surface area contributed by atoms with E-state index >= 15 is 0 Å². The number of hydrogen-bond acceptors (Lipinski definition) is 3. The lowest BCUT2D eigenvalue weighted by molar-refractivity contribution is 0.979. The number of aromatic nitrogens is 4. The molecule has 0 aliphatic rings. The molecule has 12 rings (SSSR count). The third-order valence-electron chi connectivity index (χ3n) is 12.7. The van der Waals surface area contributed by atoms with Crippen LogP contribution in [0.2, 0.25) is 0 Å². The Hall–Kier alpha value is -8.99. The molecule has 0 atom stereocenters. The molecule has 4 nitrogen and oxygen atoms in total. The molecular weight excluding hydrogens is 813 g/mol. The van der Waals surface area contributed by atoms with Gasteiger partial charge < -0.3 is 0 Å². The van der Waals surface area contributed by atoms with Crippen LogP contribution in [-0.4, -0.2) is 19.6 Å². The average molecular weight is 855 g/mol. The molecule has 314 valence electrons. The van der Waals surface area contributed by atoms with Gasteiger partial charge in [-0.3, -0.25) is 0 Å². The Morgan fingerprint density at radius 2 is 0.672 bits per heavy atom. The summed E-state index contributed by atoms with van der Waals surface area (Å²) in [6.07, 6.45) is 0. The summed E-state index contributed by atoms with van der Waals surface area (Å²) in [6, 6.07) is 89.9. The lowest BCUT2D eigenvalue weighted by Gasteiger charge is -2.13. The van der Waals surface area contributed by atoms with Crippen LogP contribution in [0, 0.1) is 0 Å². The Bertz CT molecular complexity index is 3560. The van der Waals surface area contributed by atoms with Gasteiger partial charge in [-0.15, -0.1) is 0 Å². The highest BCUT2D eigenvalue weighted by Gasteiger charge is 2.22. The van der Waals surface area contributed by atoms with Crippen LogP contribution in [0.3, 0.4) is 0 Å². The summed E-state index contributed by atoms with van der Waals surface area (Å²) < 4.78 is 2.15. The molecule has 4 heteroatoms. The van der Waals surface area contributed by atoms with Gasteiger partial charge in [0, 0.05) is 38.8 Å². The molecule has 9 aromatic carbocycles. The smallest absolute Gasteiger partial charge is 0.160 e. The number of rotatable bonds is 9. The van der Waals surface area contributed by atoms with E-state index in [0.717, 1.165) is 89.1 Å². The van der Waals surface area contributed by atoms with E-state index in [1.165, 1.54) is 22.3 Å². The number of fused-ring (bicyclic) bond motifs is 3. The molecule has 0 unspecified atom stereocenters. The second-order valence-electron chi connectivity index (χ2n) is 16.8. The molecule has 67 heavy (non-hydrogen) atoms. The van der Waals surface area contributed by atoms with Crippen molar-refractivity contribution in [2.75, 3.05) is 0 Å². The van der Waals surface area contributed by atoms with Gasteiger partial charge in [-0.1, -0.05) is 237 Å². The maximum absolute atomic E-state index is 5.39. The summed E-state index contributed by atoms with van der Waals surface area (Å²) >= 11 is 0. The topological polar surface area (TPSA) is 43.1 Å². The van der Waals surface area contributed by atoms with Crippen LogP contribution >= 0.6 is 0 Å². The van der Waals surface area contributed by atoms with E-state index in [9.17, 15) is 0 Å². The van der Waals surface area contributed by atoms with E-state index in [4.69, 9.17) is 15.1 Å². The normalized spacial score (nSPS) is 11.3. The van der Waals surface area contributed by atoms with Crippen LogP contribution < -0.4 is 0 Å². The van der Waals surface area contributed by atoms with Crippen LogP contribution in [0.25, 0.3) is 117 Å². The molecule has 12 aromatic rings. The zero-order valence-corrected chi connectivity index (χ0v) is 36.5. The first-order valence-electron chi connectivity index (χ1n) is 22.7. The number of hydrogen-bond donors (Lipinski definition) is 0. The van der Waals surface area contributed by atoms with Crippen molar-refractivity contribution in [2.45, 2.75) is 0 Å². The SMILES string of the molecule is c1ccc(-c2ccc(-c3cc(-c4ccc(-c5ccccc5)cc4)nc(-c4ccc(-c5ccc6c(c5)cc(-c5ccccc5)n5nc(-c7ccccc7)c(-c7ccccc7)c65)cc4)n3)cc2)cc1. The van der Waals surface area contributed by atoms with E-state index in [0.29, 0.717) is 5.82 Å². The highest BCUT2D eigenvalue weighted by Crippen LogP contribution is 2.42. The number of benzene rings is 9. The molecule has 0 bridgehead atoms. The maximum Gasteiger partial charge on any atom is 0.160 e. The summed E-state index contributed by atoms with van der Waals surface area (Å²) in [5, 5.41) is 7.67. The lowest BCUT2D eigenvalue weighted by Crippen LogP contribution is -1.96. The number of nitrogens with zero attached hydrogens (tertiary/aromatic N) is 4. The van der Waals surface area contributed by atoms with Crippen molar-refractivity contribution in [3.05, 3.63) is 255 Å². The zero-order valence-electron chi connectivity index (χ0n) is 36.5. The Morgan fingerprint density at radius 3 is 1.18 bits per heavy atom. The highest BCUT2D eigenvalue weighted by atomic mass is 15.2. The van der Waals surface area contributed by atoms with Crippen molar-refractivity contribution in [1.82, 2.24) is 19.6 Å². The molecule has 0 saturated carbocycles. The minimum absolute atomic E-state index is 0.676. The predicted molar refractivity (Wildman–Crippen MR) is 277 cm³/mol. The summed E-state index contributed by atoms with van der Waals surface area (Å²) in [5.74, 6) is 0.676. The molecule has 0 radical (unpaired) electrons. The molecule has 0 saturated heterocycles. The van der Waals surface area contributed by atoms with Crippen LogP contribution in [0.1, 0.15) is 0 Å². The fourth-order valence-corrected chi connectivity index (χ4v) is 9.23. The quantitative estimate of drug-likeness (QED) is 0.145. The van der Waals surface area contributed by atoms with E-state index in [2.05, 4.69) is 247 Å². The Morgan fingerprint density at radius 1 is 0.284 bits per heavy atom. The van der Waals surface area contributed by atoms with Gasteiger partial charge in [-0.05, 0) is 62.5 Å². The van der Waals surface area contributed by atoms with Crippen LogP contribution in [0.4, 0.5) is 0 Å². The van der Waals surface area contributed by atoms with Crippen LogP contribution in [-0.2, 0) is 0 Å². The summed E-state index contributed by atoms with van der Waals surface area (Å²) in [7, 11) is 0. The van der Waals surface area contributed by atoms with Gasteiger partial charge in [0.2, 0.25) is 0 Å². The van der Waals surface area contributed by atoms with Gasteiger partial charge >= 0.3 is 0 Å². The van der Waals surface area contributed by atoms with Gasteiger partial charge in [0.05, 0.1) is 22.6 Å². The third kappa shape index (κ3) is 7.67. The summed E-state index contributed by atoms with van der Waals surface area (Å²) in [6.45, 7) is 0. The van der Waals surface area contributed by atoms with Gasteiger partial charge in [-0.2, -0.15) is 5.10 Å². The van der Waals surface area contributed by atoms with E-state index in [-0.39, 0.29) is 0 Å². The second kappa shape index (κ2) is 17.2. The molecule has 0 N–H and O–H groups in total. The maximum atomic E-state index is 5.39. The van der Waals surface area contributed by atoms with Crippen molar-refractivity contribution >= 4 is 16.3 Å². The fraction of sp³-hybridized carbons (Fsp3) is 0. The first kappa shape index (κ1) is 39.6. The van der Waals surface area contributed by atoms with Gasteiger partial charge in [0.1, 0.15) is 5.69 Å². The second-order valence-corrected chi connectivity index (χ2v) is 16.8. The minimum atomic E-state index is 0.676. The molecule has 3 heterocycles. The van der Waals surface area contributed by atoms with E-state index in [1.54, 1.807) is 0 Å². The molecule has 0 spiro atoms. The molecule has 0 amide bonds. The standard InChI is InChI=1S/C63H42N4/c1-6-16-43(17-7-1)45-26-32-48(33-27-45)57-42-58(49-34-28-46(29-35-49)44-18-8-2-9-19-44)65-63(64-57)53-36-30-47(31-37-53)54-38-39-56-55(40-54)41-59(50-20-10-3-11-21-50)67-62(56)60(51-22-12-4-13-23-51)61(66-67)52-24-14-5-15-25-52/h1-42H. The third-order valence-corrected chi connectivity index (χ3v) is 12.7. The highest BCUT2D eigenvalue weighted by molar-refractivity contribution is 6.09. The van der Waals surface area contributed by atoms with Gasteiger partial charge in [-0.25, -0.2) is 14.5 Å². The molecule has 0 aliphatic heterocycles. The van der Waals surface area contributed by atoms with E-state index < -0.39 is 0 Å². The molecular formula is C63H42N4. The first-order chi connectivity index (χ1) is 33.2. The number of pyridine rings is 1. The fourth-order valence-electron chi connectivity index (χ4n) is 9.23. The van der Waals surface area contributed by atoms with Crippen LogP contribution in [0.5, 0.6) is 0 Å². The van der Waals surface area contributed by atoms with Crippen molar-refractivity contribution < 1.29 is 0 Å². The summed E-state index contributed by atoms with van der Waals surface area (Å²) in [4.78, 5) is 10.4. The molecule has 0 aliphatic carbocycles. The van der Waals surface area contributed by atoms with Crippen molar-refractivity contribution in [1.29, 1.82) is 0 Å². The Kier molecular flexibility index (Phi) is 10.2. The minimum Gasteiger partial charge on any atom is -0.231 e. The largest absolute Gasteiger partial charge is 0.231 e. The molecule has 3 aromatic heterocycles. The van der Waals surface area contributed by atoms with Crippen molar-refractivity contribution in [3.8, 4) is 101 Å². The first-order valence-corrected chi connectivity index (χ1v) is 22.7. The molecule has 0 fully saturated rings. The monoisotopic (exact) mass is 854 g/mol. The zero-order chi connectivity index (χ0) is 44.5. The van der Waals surface area contributed by atoms with Crippen molar-refractivity contribution in [3.63, 3.8) is 0 Å². The summed E-state index contributed by atoms with van der Waals surface area (Å²) in [5.41, 5.74) is 19.2. The average Bonchev–Trinajstić information content (AvgIpc) is 3.83. The Labute approximate surface area is 389 Å². The van der Waals surface area contributed by atoms with Crippen molar-refractivity contribution in [2.24, 2.45) is 0 Å². The Balaban J connectivity index is 0.956. The van der Waals surface area contributed by atoms with Gasteiger partial charge in [0.25, 0.3) is 0 Å². The predicted octanol–water partition coefficient (Wildman–Crippen LogP) is 16.3. The van der Waals surface area contributed by atoms with E-state index in [1.807, 2.05) is 12.1 Å².